The van der Waals surface area contributed by atoms with Gasteiger partial charge in [0.15, 0.2) is 0 Å². The van der Waals surface area contributed by atoms with Crippen LogP contribution < -0.4 is 0 Å². The lowest BCUT2D eigenvalue weighted by Crippen LogP contribution is -2.04. The van der Waals surface area contributed by atoms with Crippen LogP contribution in [0.5, 0.6) is 0 Å². The van der Waals surface area contributed by atoms with E-state index >= 15 is 0 Å². The number of thiophene rings is 2. The molecule has 4 heterocycles. The van der Waals surface area contributed by atoms with Crippen LogP contribution in [0, 0.1) is 0 Å². The van der Waals surface area contributed by atoms with Crippen molar-refractivity contribution in [3.8, 4) is 22.0 Å². The first-order valence-corrected chi connectivity index (χ1v) is 8.92. The first-order chi connectivity index (χ1) is 10.4. The molecule has 0 saturated carbocycles. The van der Waals surface area contributed by atoms with Crippen molar-refractivity contribution in [1.29, 1.82) is 0 Å². The molecule has 0 radical (unpaired) electrons. The van der Waals surface area contributed by atoms with Gasteiger partial charge in [0.05, 0.1) is 5.69 Å². The van der Waals surface area contributed by atoms with Crippen molar-refractivity contribution >= 4 is 34.0 Å². The second-order valence-corrected chi connectivity index (χ2v) is 6.73. The van der Waals surface area contributed by atoms with Crippen LogP contribution >= 0.6 is 34.0 Å². The molecule has 0 aromatic carbocycles. The van der Waals surface area contributed by atoms with E-state index in [9.17, 15) is 0 Å². The molecule has 0 bridgehead atoms. The predicted octanol–water partition coefficient (Wildman–Crippen LogP) is 3.63. The fourth-order valence-corrected chi connectivity index (χ4v) is 4.02. The third-order valence-corrected chi connectivity index (χ3v) is 5.16. The zero-order chi connectivity index (χ0) is 14.1. The summed E-state index contributed by atoms with van der Waals surface area (Å²) < 4.78 is 0. The maximum absolute atomic E-state index is 4.62. The summed E-state index contributed by atoms with van der Waals surface area (Å²) in [6.45, 7) is 0.539. The minimum atomic E-state index is 0.539. The number of rotatable bonds is 4. The van der Waals surface area contributed by atoms with Crippen molar-refractivity contribution in [1.82, 2.24) is 25.2 Å². The largest absolute Gasteiger partial charge is 0.239 e. The fourth-order valence-electron chi connectivity index (χ4n) is 1.86. The van der Waals surface area contributed by atoms with Gasteiger partial charge < -0.3 is 0 Å². The van der Waals surface area contributed by atoms with Crippen molar-refractivity contribution in [2.45, 2.75) is 6.54 Å². The van der Waals surface area contributed by atoms with Gasteiger partial charge in [-0.3, -0.25) is 0 Å². The summed E-state index contributed by atoms with van der Waals surface area (Å²) in [6.07, 6.45) is 0. The van der Waals surface area contributed by atoms with Crippen molar-refractivity contribution < 1.29 is 0 Å². The Hall–Kier alpha value is -1.90. The topological polar surface area (TPSA) is 56.5 Å². The molecule has 0 aliphatic heterocycles. The molecule has 0 spiro atoms. The summed E-state index contributed by atoms with van der Waals surface area (Å²) in [6, 6.07) is 4.07. The van der Waals surface area contributed by atoms with Gasteiger partial charge in [0.2, 0.25) is 5.82 Å². The van der Waals surface area contributed by atoms with Gasteiger partial charge in [0.25, 0.3) is 0 Å². The number of hydrogen-bond donors (Lipinski definition) is 0. The van der Waals surface area contributed by atoms with Gasteiger partial charge in [0, 0.05) is 27.3 Å². The van der Waals surface area contributed by atoms with Gasteiger partial charge in [0.1, 0.15) is 11.6 Å². The average Bonchev–Trinajstić information content (AvgIpc) is 3.28. The smallest absolute Gasteiger partial charge is 0.205 e. The van der Waals surface area contributed by atoms with Crippen LogP contribution in [0.25, 0.3) is 22.0 Å². The average molecular weight is 331 g/mol. The Morgan fingerprint density at radius 2 is 1.81 bits per heavy atom. The normalized spacial score (nSPS) is 11.0. The second-order valence-electron chi connectivity index (χ2n) is 4.31. The lowest BCUT2D eigenvalue weighted by atomic mass is 10.3. The van der Waals surface area contributed by atoms with E-state index in [0.29, 0.717) is 12.4 Å². The Labute approximate surface area is 132 Å². The van der Waals surface area contributed by atoms with E-state index in [1.165, 1.54) is 5.56 Å². The van der Waals surface area contributed by atoms with Gasteiger partial charge in [-0.1, -0.05) is 0 Å². The lowest BCUT2D eigenvalue weighted by molar-refractivity contribution is 0.566. The molecule has 4 aromatic heterocycles. The molecule has 0 unspecified atom stereocenters. The molecule has 0 aliphatic carbocycles. The molecule has 21 heavy (non-hydrogen) atoms. The molecule has 4 rings (SSSR count). The van der Waals surface area contributed by atoms with Crippen molar-refractivity contribution in [2.24, 2.45) is 0 Å². The monoisotopic (exact) mass is 331 g/mol. The van der Waals surface area contributed by atoms with E-state index in [-0.39, 0.29) is 0 Å². The molecule has 104 valence electrons. The van der Waals surface area contributed by atoms with Crippen LogP contribution in [-0.4, -0.2) is 25.2 Å². The fraction of sp³-hybridized carbons (Fsp3) is 0.0769. The standard InChI is InChI=1S/C13H9N5S3/c1-3-19-6-9(1)12-15-17-18(16-12)5-11-8-21-13(14-11)10-2-4-20-7-10/h1-4,6-8H,5H2. The summed E-state index contributed by atoms with van der Waals surface area (Å²) in [5, 5.41) is 23.8. The summed E-state index contributed by atoms with van der Waals surface area (Å²) in [4.78, 5) is 6.20. The number of hydrogen-bond acceptors (Lipinski definition) is 7. The predicted molar refractivity (Wildman–Crippen MR) is 85.7 cm³/mol. The molecule has 0 aliphatic rings. The molecular weight excluding hydrogens is 322 g/mol. The zero-order valence-corrected chi connectivity index (χ0v) is 13.2. The van der Waals surface area contributed by atoms with Crippen LogP contribution in [-0.2, 0) is 6.54 Å². The molecule has 0 saturated heterocycles. The Morgan fingerprint density at radius 3 is 2.57 bits per heavy atom. The van der Waals surface area contributed by atoms with Crippen LogP contribution in [0.4, 0.5) is 0 Å². The van der Waals surface area contributed by atoms with Gasteiger partial charge in [-0.25, -0.2) is 4.98 Å². The highest BCUT2D eigenvalue weighted by Gasteiger charge is 2.09. The second kappa shape index (κ2) is 5.47. The number of tetrazole rings is 1. The molecular formula is C13H9N5S3. The van der Waals surface area contributed by atoms with Crippen LogP contribution in [0.2, 0.25) is 0 Å². The van der Waals surface area contributed by atoms with Crippen LogP contribution in [0.1, 0.15) is 5.69 Å². The molecule has 5 nitrogen and oxygen atoms in total. The Kier molecular flexibility index (Phi) is 3.34. The number of thiazole rings is 1. The third kappa shape index (κ3) is 2.65. The molecule has 0 amide bonds. The maximum atomic E-state index is 4.62. The van der Waals surface area contributed by atoms with Crippen molar-refractivity contribution in [3.63, 3.8) is 0 Å². The zero-order valence-electron chi connectivity index (χ0n) is 10.7. The molecule has 0 fully saturated rings. The van der Waals surface area contributed by atoms with Crippen molar-refractivity contribution in [3.05, 3.63) is 44.7 Å². The van der Waals surface area contributed by atoms with Crippen LogP contribution in [0.15, 0.2) is 39.0 Å². The van der Waals surface area contributed by atoms with E-state index < -0.39 is 0 Å². The summed E-state index contributed by atoms with van der Waals surface area (Å²) in [5.41, 5.74) is 3.13. The first-order valence-electron chi connectivity index (χ1n) is 6.16. The first kappa shape index (κ1) is 12.8. The third-order valence-electron chi connectivity index (χ3n) is 2.86. The van der Waals surface area contributed by atoms with E-state index in [2.05, 4.69) is 37.2 Å². The maximum Gasteiger partial charge on any atom is 0.205 e. The lowest BCUT2D eigenvalue weighted by Gasteiger charge is -1.93. The Bertz CT molecular complexity index is 759. The SMILES string of the molecule is c1cc(-c2nnn(Cc3csc(-c4ccsc4)n3)n2)cs1. The highest BCUT2D eigenvalue weighted by Crippen LogP contribution is 2.26. The van der Waals surface area contributed by atoms with E-state index in [1.807, 2.05) is 22.2 Å². The van der Waals surface area contributed by atoms with Crippen LogP contribution in [0.3, 0.4) is 0 Å². The highest BCUT2D eigenvalue weighted by molar-refractivity contribution is 7.14. The Balaban J connectivity index is 1.54. The molecule has 0 atom stereocenters. The quantitative estimate of drug-likeness (QED) is 0.573. The van der Waals surface area contributed by atoms with E-state index in [4.69, 9.17) is 0 Å². The molecule has 4 aromatic rings. The van der Waals surface area contributed by atoms with E-state index in [0.717, 1.165) is 16.3 Å². The van der Waals surface area contributed by atoms with Crippen molar-refractivity contribution in [2.75, 3.05) is 0 Å². The van der Waals surface area contributed by atoms with Gasteiger partial charge in [-0.15, -0.1) is 21.5 Å². The van der Waals surface area contributed by atoms with E-state index in [1.54, 1.807) is 38.8 Å². The Morgan fingerprint density at radius 1 is 1.00 bits per heavy atom. The number of aromatic nitrogens is 5. The summed E-state index contributed by atoms with van der Waals surface area (Å²) in [5.74, 6) is 0.657. The highest BCUT2D eigenvalue weighted by atomic mass is 32.1. The molecule has 8 heteroatoms. The van der Waals surface area contributed by atoms with Gasteiger partial charge in [-0.05, 0) is 28.1 Å². The number of nitrogens with zero attached hydrogens (tertiary/aromatic N) is 5. The summed E-state index contributed by atoms with van der Waals surface area (Å²) >= 11 is 4.94. The molecule has 0 N–H and O–H groups in total. The minimum absolute atomic E-state index is 0.539. The van der Waals surface area contributed by atoms with Gasteiger partial charge >= 0.3 is 0 Å². The summed E-state index contributed by atoms with van der Waals surface area (Å²) in [7, 11) is 0. The van der Waals surface area contributed by atoms with Gasteiger partial charge in [-0.2, -0.15) is 27.5 Å². The minimum Gasteiger partial charge on any atom is -0.239 e.